The van der Waals surface area contributed by atoms with E-state index in [1.54, 1.807) is 4.57 Å². The Bertz CT molecular complexity index is 520. The summed E-state index contributed by atoms with van der Waals surface area (Å²) in [6.45, 7) is 4.39. The summed E-state index contributed by atoms with van der Waals surface area (Å²) in [5.74, 6) is 0.545. The second kappa shape index (κ2) is 5.14. The highest BCUT2D eigenvalue weighted by Crippen LogP contribution is 2.30. The minimum Gasteiger partial charge on any atom is -0.370 e. The van der Waals surface area contributed by atoms with Crippen molar-refractivity contribution in [3.63, 3.8) is 0 Å². The van der Waals surface area contributed by atoms with Crippen molar-refractivity contribution in [1.29, 1.82) is 0 Å². The largest absolute Gasteiger partial charge is 0.370 e. The second-order valence-electron chi connectivity index (χ2n) is 4.60. The van der Waals surface area contributed by atoms with Gasteiger partial charge in [-0.15, -0.1) is 10.2 Å². The summed E-state index contributed by atoms with van der Waals surface area (Å²) in [5, 5.41) is 7.44. The lowest BCUT2D eigenvalue weighted by molar-refractivity contribution is 0.00622. The molecule has 0 spiro atoms. The van der Waals surface area contributed by atoms with Crippen molar-refractivity contribution in [2.24, 2.45) is 0 Å². The van der Waals surface area contributed by atoms with Gasteiger partial charge in [-0.05, 0) is 33.1 Å². The molecule has 1 aliphatic rings. The molecule has 1 unspecified atom stereocenters. The molecule has 6 nitrogen and oxygen atoms in total. The molecule has 0 aliphatic carbocycles. The van der Waals surface area contributed by atoms with E-state index in [0.29, 0.717) is 12.4 Å². The SMILES string of the molecule is CC(C)n1c(C2CCCCO2)nnc1S(=O)(=O)Cl. The first-order chi connectivity index (χ1) is 8.41. The molecule has 1 atom stereocenters. The quantitative estimate of drug-likeness (QED) is 0.797. The Labute approximate surface area is 111 Å². The summed E-state index contributed by atoms with van der Waals surface area (Å²) in [4.78, 5) is 0. The lowest BCUT2D eigenvalue weighted by Crippen LogP contribution is -2.19. The minimum atomic E-state index is -3.89. The first kappa shape index (κ1) is 13.8. The monoisotopic (exact) mass is 293 g/mol. The molecule has 1 aliphatic heterocycles. The van der Waals surface area contributed by atoms with Gasteiger partial charge in [-0.1, -0.05) is 0 Å². The maximum absolute atomic E-state index is 11.5. The average Bonchev–Trinajstić information content (AvgIpc) is 2.74. The zero-order valence-corrected chi connectivity index (χ0v) is 11.9. The Hall–Kier alpha value is -0.660. The molecule has 1 aromatic heterocycles. The molecule has 2 rings (SSSR count). The van der Waals surface area contributed by atoms with Gasteiger partial charge in [0.05, 0.1) is 0 Å². The number of nitrogens with zero attached hydrogens (tertiary/aromatic N) is 3. The van der Waals surface area contributed by atoms with Gasteiger partial charge in [-0.3, -0.25) is 4.57 Å². The van der Waals surface area contributed by atoms with Crippen LogP contribution in [0.25, 0.3) is 0 Å². The molecule has 0 radical (unpaired) electrons. The molecular weight excluding hydrogens is 278 g/mol. The third-order valence-electron chi connectivity index (χ3n) is 2.89. The number of halogens is 1. The zero-order valence-electron chi connectivity index (χ0n) is 10.3. The van der Waals surface area contributed by atoms with Gasteiger partial charge in [0.15, 0.2) is 5.82 Å². The Balaban J connectivity index is 2.45. The molecule has 0 amide bonds. The minimum absolute atomic E-state index is 0.0935. The van der Waals surface area contributed by atoms with Crippen molar-refractivity contribution < 1.29 is 13.2 Å². The average molecular weight is 294 g/mol. The number of rotatable bonds is 3. The van der Waals surface area contributed by atoms with Crippen LogP contribution in [0.2, 0.25) is 0 Å². The van der Waals surface area contributed by atoms with Crippen molar-refractivity contribution in [2.75, 3.05) is 6.61 Å². The molecule has 0 aromatic carbocycles. The first-order valence-electron chi connectivity index (χ1n) is 5.92. The molecule has 2 heterocycles. The molecule has 1 saturated heterocycles. The van der Waals surface area contributed by atoms with Crippen LogP contribution in [-0.4, -0.2) is 29.8 Å². The van der Waals surface area contributed by atoms with Gasteiger partial charge in [0.1, 0.15) is 6.10 Å². The molecule has 1 aromatic rings. The normalized spacial score (nSPS) is 21.4. The molecule has 8 heteroatoms. The van der Waals surface area contributed by atoms with E-state index < -0.39 is 9.05 Å². The van der Waals surface area contributed by atoms with Gasteiger partial charge in [0.2, 0.25) is 0 Å². The summed E-state index contributed by atoms with van der Waals surface area (Å²) in [6, 6.07) is -0.0935. The van der Waals surface area contributed by atoms with E-state index in [9.17, 15) is 8.42 Å². The highest BCUT2D eigenvalue weighted by Gasteiger charge is 2.29. The Kier molecular flexibility index (Phi) is 3.93. The van der Waals surface area contributed by atoms with Gasteiger partial charge in [0, 0.05) is 23.3 Å². The van der Waals surface area contributed by atoms with Crippen molar-refractivity contribution in [3.05, 3.63) is 5.82 Å². The summed E-state index contributed by atoms with van der Waals surface area (Å²) in [6.07, 6.45) is 2.69. The third-order valence-corrected chi connectivity index (χ3v) is 4.02. The highest BCUT2D eigenvalue weighted by molar-refractivity contribution is 8.13. The maximum Gasteiger partial charge on any atom is 0.296 e. The van der Waals surface area contributed by atoms with Crippen LogP contribution in [0, 0.1) is 0 Å². The second-order valence-corrected chi connectivity index (χ2v) is 7.06. The fourth-order valence-electron chi connectivity index (χ4n) is 2.10. The summed E-state index contributed by atoms with van der Waals surface area (Å²) in [5.41, 5.74) is 0. The van der Waals surface area contributed by atoms with Gasteiger partial charge in [-0.2, -0.15) is 0 Å². The van der Waals surface area contributed by atoms with Crippen molar-refractivity contribution in [2.45, 2.75) is 50.4 Å². The van der Waals surface area contributed by atoms with Crippen LogP contribution >= 0.6 is 10.7 Å². The fraction of sp³-hybridized carbons (Fsp3) is 0.800. The van der Waals surface area contributed by atoms with Crippen molar-refractivity contribution in [1.82, 2.24) is 14.8 Å². The maximum atomic E-state index is 11.5. The lowest BCUT2D eigenvalue weighted by Gasteiger charge is -2.23. The molecule has 18 heavy (non-hydrogen) atoms. The number of hydrogen-bond donors (Lipinski definition) is 0. The first-order valence-corrected chi connectivity index (χ1v) is 8.23. The van der Waals surface area contributed by atoms with Crippen LogP contribution in [0.1, 0.15) is 51.1 Å². The molecule has 102 valence electrons. The van der Waals surface area contributed by atoms with Gasteiger partial charge < -0.3 is 4.74 Å². The van der Waals surface area contributed by atoms with Crippen LogP contribution in [0.5, 0.6) is 0 Å². The molecule has 0 N–H and O–H groups in total. The van der Waals surface area contributed by atoms with E-state index in [-0.39, 0.29) is 17.3 Å². The summed E-state index contributed by atoms with van der Waals surface area (Å²) in [7, 11) is 1.48. The summed E-state index contributed by atoms with van der Waals surface area (Å²) < 4.78 is 30.1. The van der Waals surface area contributed by atoms with Gasteiger partial charge >= 0.3 is 0 Å². The Morgan fingerprint density at radius 3 is 2.61 bits per heavy atom. The Morgan fingerprint density at radius 2 is 2.11 bits per heavy atom. The predicted molar refractivity (Wildman–Crippen MR) is 66.0 cm³/mol. The molecule has 1 fully saturated rings. The van der Waals surface area contributed by atoms with E-state index in [4.69, 9.17) is 15.4 Å². The predicted octanol–water partition coefficient (Wildman–Crippen LogP) is 2.03. The van der Waals surface area contributed by atoms with Gasteiger partial charge in [0.25, 0.3) is 14.2 Å². The van der Waals surface area contributed by atoms with Crippen LogP contribution in [-0.2, 0) is 13.8 Å². The van der Waals surface area contributed by atoms with Crippen molar-refractivity contribution in [3.8, 4) is 0 Å². The summed E-state index contributed by atoms with van der Waals surface area (Å²) >= 11 is 0. The third kappa shape index (κ3) is 2.67. The molecule has 0 saturated carbocycles. The number of hydrogen-bond acceptors (Lipinski definition) is 5. The smallest absolute Gasteiger partial charge is 0.296 e. The fourth-order valence-corrected chi connectivity index (χ4v) is 3.10. The van der Waals surface area contributed by atoms with Crippen LogP contribution < -0.4 is 0 Å². The topological polar surface area (TPSA) is 74.1 Å². The highest BCUT2D eigenvalue weighted by atomic mass is 35.7. The molecular formula is C10H16ClN3O3S. The van der Waals surface area contributed by atoms with E-state index in [1.165, 1.54) is 0 Å². The van der Waals surface area contributed by atoms with E-state index in [1.807, 2.05) is 13.8 Å². The van der Waals surface area contributed by atoms with E-state index in [2.05, 4.69) is 10.2 Å². The Morgan fingerprint density at radius 1 is 1.39 bits per heavy atom. The molecule has 0 bridgehead atoms. The number of aromatic nitrogens is 3. The van der Waals surface area contributed by atoms with E-state index in [0.717, 1.165) is 19.3 Å². The van der Waals surface area contributed by atoms with Crippen LogP contribution in [0.3, 0.4) is 0 Å². The lowest BCUT2D eigenvalue weighted by atomic mass is 10.1. The van der Waals surface area contributed by atoms with Gasteiger partial charge in [-0.25, -0.2) is 8.42 Å². The van der Waals surface area contributed by atoms with Crippen molar-refractivity contribution >= 4 is 19.7 Å². The van der Waals surface area contributed by atoms with Crippen LogP contribution in [0.15, 0.2) is 5.16 Å². The standard InChI is InChI=1S/C10H16ClN3O3S/c1-7(2)14-9(8-5-3-4-6-17-8)12-13-10(14)18(11,15)16/h7-8H,3-6H2,1-2H3. The van der Waals surface area contributed by atoms with E-state index >= 15 is 0 Å². The zero-order chi connectivity index (χ0) is 13.3. The van der Waals surface area contributed by atoms with Crippen LogP contribution in [0.4, 0.5) is 0 Å². The number of ether oxygens (including phenoxy) is 1.